The standard InChI is InChI=1S/C22H20ClF6NO3/c1-12(22(27,28)29)19(15-6-2-14(3-7-15)11-21(24,25)26)20(33)30-17-10-13(4-8-16(17)23)5-9-18(31)32/h2-4,6-8,10,12,19H,5,9,11H2,1H3,(H,30,33)(H,31,32). The fourth-order valence-corrected chi connectivity index (χ4v) is 3.38. The number of carboxylic acids is 1. The summed E-state index contributed by atoms with van der Waals surface area (Å²) in [4.78, 5) is 23.7. The van der Waals surface area contributed by atoms with Crippen molar-refractivity contribution in [3.8, 4) is 0 Å². The van der Waals surface area contributed by atoms with Gasteiger partial charge in [0.1, 0.15) is 0 Å². The Bertz CT molecular complexity index is 989. The molecule has 0 radical (unpaired) electrons. The van der Waals surface area contributed by atoms with Crippen LogP contribution in [0.3, 0.4) is 0 Å². The van der Waals surface area contributed by atoms with Crippen LogP contribution in [0.1, 0.15) is 36.0 Å². The Morgan fingerprint density at radius 3 is 2.09 bits per heavy atom. The first-order valence-electron chi connectivity index (χ1n) is 9.71. The third-order valence-electron chi connectivity index (χ3n) is 4.96. The highest BCUT2D eigenvalue weighted by molar-refractivity contribution is 6.33. The third kappa shape index (κ3) is 7.96. The molecule has 2 unspecified atom stereocenters. The van der Waals surface area contributed by atoms with Gasteiger partial charge in [0.05, 0.1) is 29.0 Å². The fraction of sp³-hybridized carbons (Fsp3) is 0.364. The van der Waals surface area contributed by atoms with Gasteiger partial charge < -0.3 is 10.4 Å². The van der Waals surface area contributed by atoms with Crippen molar-refractivity contribution in [2.45, 2.75) is 44.5 Å². The van der Waals surface area contributed by atoms with Crippen LogP contribution in [-0.2, 0) is 22.4 Å². The zero-order chi connectivity index (χ0) is 25.0. The van der Waals surface area contributed by atoms with Crippen LogP contribution >= 0.6 is 11.6 Å². The molecule has 0 aliphatic heterocycles. The number of aryl methyl sites for hydroxylation is 1. The van der Waals surface area contributed by atoms with Gasteiger partial charge in [-0.3, -0.25) is 9.59 Å². The van der Waals surface area contributed by atoms with E-state index >= 15 is 0 Å². The third-order valence-corrected chi connectivity index (χ3v) is 5.29. The molecule has 33 heavy (non-hydrogen) atoms. The Balaban J connectivity index is 2.34. The molecule has 0 saturated heterocycles. The van der Waals surface area contributed by atoms with Crippen molar-refractivity contribution >= 4 is 29.2 Å². The molecule has 2 N–H and O–H groups in total. The number of anilines is 1. The van der Waals surface area contributed by atoms with Gasteiger partial charge in [0.25, 0.3) is 0 Å². The first-order valence-corrected chi connectivity index (χ1v) is 10.1. The molecule has 0 aliphatic rings. The van der Waals surface area contributed by atoms with Crippen LogP contribution in [0.25, 0.3) is 0 Å². The predicted molar refractivity (Wildman–Crippen MR) is 110 cm³/mol. The number of hydrogen-bond acceptors (Lipinski definition) is 2. The number of halogens is 7. The molecular formula is C22H20ClF6NO3. The van der Waals surface area contributed by atoms with Gasteiger partial charge in [-0.05, 0) is 35.2 Å². The maximum Gasteiger partial charge on any atom is 0.393 e. The molecule has 2 aromatic carbocycles. The number of hydrogen-bond donors (Lipinski definition) is 2. The molecule has 2 atom stereocenters. The van der Waals surface area contributed by atoms with Gasteiger partial charge in [0.2, 0.25) is 5.91 Å². The number of carbonyl (C=O) groups is 2. The van der Waals surface area contributed by atoms with E-state index in [1.165, 1.54) is 18.2 Å². The van der Waals surface area contributed by atoms with Gasteiger partial charge in [0.15, 0.2) is 0 Å². The van der Waals surface area contributed by atoms with E-state index in [9.17, 15) is 35.9 Å². The molecule has 2 rings (SSSR count). The summed E-state index contributed by atoms with van der Waals surface area (Å²) in [5.74, 6) is -6.02. The molecule has 0 aromatic heterocycles. The summed E-state index contributed by atoms with van der Waals surface area (Å²) in [6.07, 6.45) is -10.6. The molecule has 180 valence electrons. The van der Waals surface area contributed by atoms with Crippen LogP contribution in [0, 0.1) is 5.92 Å². The van der Waals surface area contributed by atoms with Gasteiger partial charge in [-0.1, -0.05) is 48.9 Å². The summed E-state index contributed by atoms with van der Waals surface area (Å²) >= 11 is 6.05. The van der Waals surface area contributed by atoms with Crippen LogP contribution in [0.15, 0.2) is 42.5 Å². The zero-order valence-corrected chi connectivity index (χ0v) is 18.0. The van der Waals surface area contributed by atoms with E-state index in [0.717, 1.165) is 31.2 Å². The average molecular weight is 496 g/mol. The number of aliphatic carboxylic acids is 1. The van der Waals surface area contributed by atoms with E-state index in [1.807, 2.05) is 0 Å². The molecule has 0 spiro atoms. The van der Waals surface area contributed by atoms with Crippen molar-refractivity contribution in [2.75, 3.05) is 5.32 Å². The van der Waals surface area contributed by atoms with Crippen molar-refractivity contribution < 1.29 is 41.0 Å². The molecule has 0 bridgehead atoms. The van der Waals surface area contributed by atoms with E-state index in [0.29, 0.717) is 5.56 Å². The number of rotatable bonds is 8. The second kappa shape index (κ2) is 10.5. The lowest BCUT2D eigenvalue weighted by atomic mass is 9.85. The summed E-state index contributed by atoms with van der Waals surface area (Å²) in [6, 6.07) is 8.47. The number of alkyl halides is 6. The van der Waals surface area contributed by atoms with Crippen LogP contribution in [0.2, 0.25) is 5.02 Å². The molecule has 1 amide bonds. The lowest BCUT2D eigenvalue weighted by Crippen LogP contribution is -2.34. The van der Waals surface area contributed by atoms with Gasteiger partial charge >= 0.3 is 18.3 Å². The average Bonchev–Trinajstić information content (AvgIpc) is 2.68. The summed E-state index contributed by atoms with van der Waals surface area (Å²) in [5, 5.41) is 11.2. The SMILES string of the molecule is CC(C(C(=O)Nc1cc(CCC(=O)O)ccc1Cl)c1ccc(CC(F)(F)F)cc1)C(F)(F)F. The molecule has 0 saturated carbocycles. The first kappa shape index (κ1) is 26.5. The predicted octanol–water partition coefficient (Wildman–Crippen LogP) is 6.38. The number of amides is 1. The van der Waals surface area contributed by atoms with Gasteiger partial charge in [-0.2, -0.15) is 26.3 Å². The summed E-state index contributed by atoms with van der Waals surface area (Å²) in [7, 11) is 0. The van der Waals surface area contributed by atoms with Crippen molar-refractivity contribution in [3.05, 3.63) is 64.2 Å². The van der Waals surface area contributed by atoms with E-state index in [4.69, 9.17) is 16.7 Å². The normalized spacial score (nSPS) is 13.9. The van der Waals surface area contributed by atoms with E-state index in [-0.39, 0.29) is 34.7 Å². The molecule has 2 aromatic rings. The first-order chi connectivity index (χ1) is 15.2. The lowest BCUT2D eigenvalue weighted by molar-refractivity contribution is -0.178. The second-order valence-electron chi connectivity index (χ2n) is 7.54. The maximum atomic E-state index is 13.5. The highest BCUT2D eigenvalue weighted by Crippen LogP contribution is 2.39. The minimum Gasteiger partial charge on any atom is -0.481 e. The van der Waals surface area contributed by atoms with Crippen LogP contribution in [0.5, 0.6) is 0 Å². The number of benzene rings is 2. The van der Waals surface area contributed by atoms with Crippen molar-refractivity contribution in [3.63, 3.8) is 0 Å². The number of carboxylic acid groups (broad SMARTS) is 1. The van der Waals surface area contributed by atoms with Crippen LogP contribution in [-0.4, -0.2) is 29.3 Å². The Labute approximate surface area is 190 Å². The van der Waals surface area contributed by atoms with E-state index in [2.05, 4.69) is 5.32 Å². The Morgan fingerprint density at radius 1 is 1.00 bits per heavy atom. The smallest absolute Gasteiger partial charge is 0.393 e. The zero-order valence-electron chi connectivity index (χ0n) is 17.2. The molecule has 4 nitrogen and oxygen atoms in total. The van der Waals surface area contributed by atoms with Gasteiger partial charge in [-0.15, -0.1) is 0 Å². The quantitative estimate of drug-likeness (QED) is 0.417. The van der Waals surface area contributed by atoms with Crippen LogP contribution in [0.4, 0.5) is 32.0 Å². The highest BCUT2D eigenvalue weighted by Gasteiger charge is 2.45. The number of carbonyl (C=O) groups excluding carboxylic acids is 1. The summed E-state index contributed by atoms with van der Waals surface area (Å²) in [5.41, 5.74) is 0.229. The summed E-state index contributed by atoms with van der Waals surface area (Å²) < 4.78 is 78.2. The molecule has 0 aliphatic carbocycles. The minimum atomic E-state index is -4.76. The largest absolute Gasteiger partial charge is 0.481 e. The monoisotopic (exact) mass is 495 g/mol. The Hall–Kier alpha value is -2.75. The molecule has 0 heterocycles. The van der Waals surface area contributed by atoms with E-state index in [1.54, 1.807) is 0 Å². The van der Waals surface area contributed by atoms with Gasteiger partial charge in [-0.25, -0.2) is 0 Å². The summed E-state index contributed by atoms with van der Waals surface area (Å²) in [6.45, 7) is 0.804. The van der Waals surface area contributed by atoms with E-state index < -0.39 is 42.5 Å². The fourth-order valence-electron chi connectivity index (χ4n) is 3.22. The van der Waals surface area contributed by atoms with Gasteiger partial charge in [0, 0.05) is 6.42 Å². The topological polar surface area (TPSA) is 66.4 Å². The Kier molecular flexibility index (Phi) is 8.40. The minimum absolute atomic E-state index is 0.00220. The molecular weight excluding hydrogens is 476 g/mol. The lowest BCUT2D eigenvalue weighted by Gasteiger charge is -2.26. The van der Waals surface area contributed by atoms with Crippen molar-refractivity contribution in [2.24, 2.45) is 5.92 Å². The number of nitrogens with one attached hydrogen (secondary N) is 1. The van der Waals surface area contributed by atoms with Crippen molar-refractivity contribution in [1.82, 2.24) is 0 Å². The Morgan fingerprint density at radius 2 is 1.58 bits per heavy atom. The molecule has 0 fully saturated rings. The maximum absolute atomic E-state index is 13.5. The second-order valence-corrected chi connectivity index (χ2v) is 7.95. The van der Waals surface area contributed by atoms with Crippen LogP contribution < -0.4 is 5.32 Å². The molecule has 11 heteroatoms. The van der Waals surface area contributed by atoms with Crippen molar-refractivity contribution in [1.29, 1.82) is 0 Å². The highest BCUT2D eigenvalue weighted by atomic mass is 35.5.